The van der Waals surface area contributed by atoms with Gasteiger partial charge in [0.2, 0.25) is 0 Å². The molecule has 26 heavy (non-hydrogen) atoms. The molecule has 0 saturated carbocycles. The fourth-order valence-electron chi connectivity index (χ4n) is 2.76. The minimum Gasteiger partial charge on any atom is -0.496 e. The minimum atomic E-state index is -0.891. The lowest BCUT2D eigenvalue weighted by Crippen LogP contribution is -2.34. The van der Waals surface area contributed by atoms with Gasteiger partial charge in [0.1, 0.15) is 11.8 Å². The molecule has 1 saturated heterocycles. The average Bonchev–Trinajstić information content (AvgIpc) is 2.67. The molecule has 0 radical (unpaired) electrons. The molecule has 0 aromatic heterocycles. The molecule has 1 aromatic rings. The van der Waals surface area contributed by atoms with E-state index in [9.17, 15) is 9.59 Å². The molecule has 1 aromatic carbocycles. The largest absolute Gasteiger partial charge is 0.496 e. The summed E-state index contributed by atoms with van der Waals surface area (Å²) in [6, 6.07) is 4.54. The topological polar surface area (TPSA) is 106 Å². The van der Waals surface area contributed by atoms with Crippen LogP contribution >= 0.6 is 0 Å². The van der Waals surface area contributed by atoms with E-state index in [2.05, 4.69) is 10.8 Å². The maximum atomic E-state index is 12.3. The normalized spacial score (nSPS) is 18.2. The zero-order valence-corrected chi connectivity index (χ0v) is 15.1. The lowest BCUT2D eigenvalue weighted by molar-refractivity contribution is -0.186. The maximum absolute atomic E-state index is 12.3. The lowest BCUT2D eigenvalue weighted by atomic mass is 10.0. The van der Waals surface area contributed by atoms with Crippen molar-refractivity contribution in [3.8, 4) is 5.75 Å². The molecule has 1 amide bonds. The Balaban J connectivity index is 1.96. The Hall–Kier alpha value is -2.16. The number of benzene rings is 1. The van der Waals surface area contributed by atoms with Crippen LogP contribution in [0.1, 0.15) is 41.6 Å². The Labute approximate surface area is 152 Å². The molecular formula is C18H26N2O6. The second kappa shape index (κ2) is 10.1. The van der Waals surface area contributed by atoms with Crippen LogP contribution in [0.3, 0.4) is 0 Å². The molecule has 0 spiro atoms. The predicted octanol–water partition coefficient (Wildman–Crippen LogP) is 1.49. The van der Waals surface area contributed by atoms with Crippen molar-refractivity contribution in [2.24, 2.45) is 0 Å². The number of aliphatic carboxylic acids is 1. The number of aryl methyl sites for hydroxylation is 1. The highest BCUT2D eigenvalue weighted by Gasteiger charge is 2.19. The van der Waals surface area contributed by atoms with Gasteiger partial charge in [-0.3, -0.25) is 9.59 Å². The summed E-state index contributed by atoms with van der Waals surface area (Å²) >= 11 is 0. The van der Waals surface area contributed by atoms with E-state index in [1.54, 1.807) is 25.2 Å². The summed E-state index contributed by atoms with van der Waals surface area (Å²) in [4.78, 5) is 28.7. The molecule has 2 atom stereocenters. The van der Waals surface area contributed by atoms with Gasteiger partial charge in [-0.1, -0.05) is 6.07 Å². The number of rotatable bonds is 9. The van der Waals surface area contributed by atoms with E-state index in [1.807, 2.05) is 0 Å². The van der Waals surface area contributed by atoms with Crippen molar-refractivity contribution in [3.63, 3.8) is 0 Å². The van der Waals surface area contributed by atoms with Crippen molar-refractivity contribution in [3.05, 3.63) is 29.3 Å². The lowest BCUT2D eigenvalue weighted by Gasteiger charge is -2.22. The van der Waals surface area contributed by atoms with Crippen molar-refractivity contribution >= 4 is 11.9 Å². The molecule has 3 N–H and O–H groups in total. The number of carbonyl (C=O) groups is 2. The second-order valence-corrected chi connectivity index (χ2v) is 6.10. The van der Waals surface area contributed by atoms with Crippen molar-refractivity contribution < 1.29 is 29.0 Å². The SMILES string of the molecule is CNC(CCc1ccc(C(=O)NOC2CCCCO2)c(OC)c1)C(=O)O. The quantitative estimate of drug-likeness (QED) is 0.569. The summed E-state index contributed by atoms with van der Waals surface area (Å²) in [6.07, 6.45) is 3.30. The summed E-state index contributed by atoms with van der Waals surface area (Å²) in [6.45, 7) is 0.627. The monoisotopic (exact) mass is 366 g/mol. The van der Waals surface area contributed by atoms with E-state index in [-0.39, 0.29) is 0 Å². The number of hydrogen-bond acceptors (Lipinski definition) is 6. The maximum Gasteiger partial charge on any atom is 0.320 e. The summed E-state index contributed by atoms with van der Waals surface area (Å²) in [7, 11) is 3.09. The van der Waals surface area contributed by atoms with Crippen LogP contribution in [-0.4, -0.2) is 50.1 Å². The Bertz CT molecular complexity index is 616. The highest BCUT2D eigenvalue weighted by Crippen LogP contribution is 2.22. The molecule has 2 rings (SSSR count). The number of hydrogen-bond donors (Lipinski definition) is 3. The van der Waals surface area contributed by atoms with E-state index in [0.29, 0.717) is 30.8 Å². The molecule has 1 fully saturated rings. The first-order valence-corrected chi connectivity index (χ1v) is 8.69. The van der Waals surface area contributed by atoms with Crippen LogP contribution in [0.5, 0.6) is 5.75 Å². The number of carboxylic acid groups (broad SMARTS) is 1. The minimum absolute atomic E-state index is 0.343. The van der Waals surface area contributed by atoms with Crippen molar-refractivity contribution in [2.45, 2.75) is 44.4 Å². The van der Waals surface area contributed by atoms with E-state index >= 15 is 0 Å². The third-order valence-corrected chi connectivity index (χ3v) is 4.30. The van der Waals surface area contributed by atoms with Crippen LogP contribution in [0.2, 0.25) is 0 Å². The van der Waals surface area contributed by atoms with Gasteiger partial charge in [0.05, 0.1) is 12.7 Å². The summed E-state index contributed by atoms with van der Waals surface area (Å²) < 4.78 is 10.7. The van der Waals surface area contributed by atoms with Crippen LogP contribution in [-0.2, 0) is 20.8 Å². The number of nitrogens with one attached hydrogen (secondary N) is 2. The summed E-state index contributed by atoms with van der Waals surface area (Å²) in [5.74, 6) is -0.900. The van der Waals surface area contributed by atoms with Crippen LogP contribution in [0, 0.1) is 0 Å². The molecule has 144 valence electrons. The highest BCUT2D eigenvalue weighted by molar-refractivity contribution is 5.96. The molecule has 0 aliphatic carbocycles. The Kier molecular flexibility index (Phi) is 7.83. The third kappa shape index (κ3) is 5.69. The van der Waals surface area contributed by atoms with Gasteiger partial charge in [-0.2, -0.15) is 0 Å². The molecule has 1 aliphatic rings. The van der Waals surface area contributed by atoms with Crippen molar-refractivity contribution in [1.82, 2.24) is 10.8 Å². The number of carbonyl (C=O) groups excluding carboxylic acids is 1. The average molecular weight is 366 g/mol. The smallest absolute Gasteiger partial charge is 0.320 e. The molecular weight excluding hydrogens is 340 g/mol. The van der Waals surface area contributed by atoms with Crippen molar-refractivity contribution in [1.29, 1.82) is 0 Å². The predicted molar refractivity (Wildman–Crippen MR) is 93.9 cm³/mol. The first kappa shape index (κ1) is 20.2. The van der Waals surface area contributed by atoms with Gasteiger partial charge in [-0.05, 0) is 50.4 Å². The summed E-state index contributed by atoms with van der Waals surface area (Å²) in [5.41, 5.74) is 3.63. The zero-order chi connectivity index (χ0) is 18.9. The van der Waals surface area contributed by atoms with E-state index < -0.39 is 24.2 Å². The number of amides is 1. The number of hydroxylamine groups is 1. The molecule has 1 aliphatic heterocycles. The van der Waals surface area contributed by atoms with Gasteiger partial charge in [0, 0.05) is 13.0 Å². The van der Waals surface area contributed by atoms with E-state index in [1.165, 1.54) is 7.11 Å². The van der Waals surface area contributed by atoms with Gasteiger partial charge in [-0.25, -0.2) is 10.3 Å². The standard InChI is InChI=1S/C18H26N2O6/c1-19-14(18(22)23)9-7-12-6-8-13(15(11-12)24-2)17(21)20-26-16-5-3-4-10-25-16/h6,8,11,14,16,19H,3-5,7,9-10H2,1-2H3,(H,20,21)(H,22,23). The molecule has 8 nitrogen and oxygen atoms in total. The Morgan fingerprint density at radius 3 is 2.81 bits per heavy atom. The third-order valence-electron chi connectivity index (χ3n) is 4.30. The summed E-state index contributed by atoms with van der Waals surface area (Å²) in [5, 5.41) is 11.8. The van der Waals surface area contributed by atoms with Gasteiger partial charge in [-0.15, -0.1) is 0 Å². The van der Waals surface area contributed by atoms with Crippen LogP contribution in [0.4, 0.5) is 0 Å². The van der Waals surface area contributed by atoms with Crippen LogP contribution in [0.15, 0.2) is 18.2 Å². The highest BCUT2D eigenvalue weighted by atomic mass is 16.8. The van der Waals surface area contributed by atoms with Gasteiger partial charge < -0.3 is 19.9 Å². The second-order valence-electron chi connectivity index (χ2n) is 6.10. The molecule has 0 bridgehead atoms. The molecule has 1 heterocycles. The van der Waals surface area contributed by atoms with Crippen molar-refractivity contribution in [2.75, 3.05) is 20.8 Å². The molecule has 8 heteroatoms. The number of methoxy groups -OCH3 is 1. The first-order valence-electron chi connectivity index (χ1n) is 8.69. The zero-order valence-electron chi connectivity index (χ0n) is 15.1. The molecule has 2 unspecified atom stereocenters. The number of ether oxygens (including phenoxy) is 2. The fraction of sp³-hybridized carbons (Fsp3) is 0.556. The van der Waals surface area contributed by atoms with Crippen LogP contribution in [0.25, 0.3) is 0 Å². The van der Waals surface area contributed by atoms with Gasteiger partial charge in [0.15, 0.2) is 6.29 Å². The first-order chi connectivity index (χ1) is 12.5. The van der Waals surface area contributed by atoms with E-state index in [0.717, 1.165) is 24.8 Å². The van der Waals surface area contributed by atoms with Crippen LogP contribution < -0.4 is 15.5 Å². The van der Waals surface area contributed by atoms with Gasteiger partial charge >= 0.3 is 5.97 Å². The number of likely N-dealkylation sites (N-methyl/N-ethyl adjacent to an activating group) is 1. The Morgan fingerprint density at radius 2 is 2.19 bits per heavy atom. The fourth-order valence-corrected chi connectivity index (χ4v) is 2.76. The van der Waals surface area contributed by atoms with E-state index in [4.69, 9.17) is 19.4 Å². The number of carboxylic acids is 1. The Morgan fingerprint density at radius 1 is 1.38 bits per heavy atom. The van der Waals surface area contributed by atoms with Gasteiger partial charge in [0.25, 0.3) is 5.91 Å².